The number of ether oxygens (including phenoxy) is 1. The summed E-state index contributed by atoms with van der Waals surface area (Å²) in [5.41, 5.74) is 4.81. The molecule has 6 nitrogen and oxygen atoms in total. The van der Waals surface area contributed by atoms with Crippen LogP contribution < -0.4 is 10.2 Å². The molecule has 0 saturated heterocycles. The van der Waals surface area contributed by atoms with Gasteiger partial charge in [0, 0.05) is 14.7 Å². The number of hydrazone groups is 1. The van der Waals surface area contributed by atoms with Crippen molar-refractivity contribution in [3.63, 3.8) is 0 Å². The van der Waals surface area contributed by atoms with Crippen LogP contribution in [-0.2, 0) is 6.61 Å². The molecule has 2 N–H and O–H groups in total. The minimum atomic E-state index is -0.966. The van der Waals surface area contributed by atoms with Crippen LogP contribution in [0.1, 0.15) is 31.8 Å². The van der Waals surface area contributed by atoms with Gasteiger partial charge in [0.1, 0.15) is 12.4 Å². The number of hydrogen-bond acceptors (Lipinski definition) is 4. The standard InChI is InChI=1S/C22H17IN2O4/c23-19-6-3-5-17(12-19)21(26)25-24-13-18-4-1-2-7-20(18)29-14-15-8-10-16(11-9-15)22(27)28/h1-13H,14H2,(H,25,26)(H,27,28)/b24-13-. The van der Waals surface area contributed by atoms with Gasteiger partial charge in [0.25, 0.3) is 5.91 Å². The second-order valence-electron chi connectivity index (χ2n) is 6.04. The van der Waals surface area contributed by atoms with Crippen LogP contribution in [0.4, 0.5) is 0 Å². The van der Waals surface area contributed by atoms with Gasteiger partial charge < -0.3 is 9.84 Å². The molecule has 3 rings (SSSR count). The summed E-state index contributed by atoms with van der Waals surface area (Å²) >= 11 is 2.14. The van der Waals surface area contributed by atoms with E-state index < -0.39 is 5.97 Å². The molecule has 0 radical (unpaired) electrons. The van der Waals surface area contributed by atoms with Crippen molar-refractivity contribution in [3.05, 3.63) is 98.6 Å². The highest BCUT2D eigenvalue weighted by Crippen LogP contribution is 2.18. The SMILES string of the molecule is O=C(O)c1ccc(COc2ccccc2/C=N\NC(=O)c2cccc(I)c2)cc1. The Balaban J connectivity index is 1.63. The van der Waals surface area contributed by atoms with E-state index in [0.29, 0.717) is 16.9 Å². The molecule has 146 valence electrons. The largest absolute Gasteiger partial charge is 0.488 e. The third-order valence-electron chi connectivity index (χ3n) is 3.97. The van der Waals surface area contributed by atoms with Crippen LogP contribution in [-0.4, -0.2) is 23.2 Å². The van der Waals surface area contributed by atoms with E-state index in [2.05, 4.69) is 33.1 Å². The van der Waals surface area contributed by atoms with Gasteiger partial charge in [-0.15, -0.1) is 0 Å². The summed E-state index contributed by atoms with van der Waals surface area (Å²) in [5, 5.41) is 13.0. The molecule has 0 spiro atoms. The fourth-order valence-corrected chi connectivity index (χ4v) is 3.02. The molecule has 0 saturated carbocycles. The molecule has 0 aliphatic rings. The van der Waals surface area contributed by atoms with Gasteiger partial charge in [0.15, 0.2) is 0 Å². The molecule has 3 aromatic carbocycles. The number of carboxylic acid groups (broad SMARTS) is 1. The summed E-state index contributed by atoms with van der Waals surface area (Å²) in [5.74, 6) is -0.662. The summed E-state index contributed by atoms with van der Waals surface area (Å²) in [6, 6.07) is 21.0. The Morgan fingerprint density at radius 3 is 2.48 bits per heavy atom. The van der Waals surface area contributed by atoms with Gasteiger partial charge in [-0.25, -0.2) is 10.2 Å². The monoisotopic (exact) mass is 500 g/mol. The minimum absolute atomic E-state index is 0.227. The number of amides is 1. The summed E-state index contributed by atoms with van der Waals surface area (Å²) in [7, 11) is 0. The molecule has 7 heteroatoms. The Morgan fingerprint density at radius 2 is 1.76 bits per heavy atom. The Morgan fingerprint density at radius 1 is 1.00 bits per heavy atom. The van der Waals surface area contributed by atoms with Gasteiger partial charge in [0.2, 0.25) is 0 Å². The van der Waals surface area contributed by atoms with Crippen LogP contribution in [0.2, 0.25) is 0 Å². The van der Waals surface area contributed by atoms with Gasteiger partial charge in [-0.1, -0.05) is 30.3 Å². The molecule has 29 heavy (non-hydrogen) atoms. The molecular weight excluding hydrogens is 483 g/mol. The molecule has 0 fully saturated rings. The van der Waals surface area contributed by atoms with Gasteiger partial charge in [-0.05, 0) is 70.6 Å². The second-order valence-corrected chi connectivity index (χ2v) is 7.28. The molecule has 0 heterocycles. The van der Waals surface area contributed by atoms with Crippen molar-refractivity contribution in [2.75, 3.05) is 0 Å². The number of carbonyl (C=O) groups excluding carboxylic acids is 1. The highest BCUT2D eigenvalue weighted by Gasteiger charge is 2.06. The number of nitrogens with one attached hydrogen (secondary N) is 1. The molecule has 0 aliphatic heterocycles. The third kappa shape index (κ3) is 5.89. The number of aromatic carboxylic acids is 1. The zero-order valence-electron chi connectivity index (χ0n) is 15.2. The average molecular weight is 500 g/mol. The first kappa shape index (κ1) is 20.5. The Labute approximate surface area is 181 Å². The predicted molar refractivity (Wildman–Crippen MR) is 118 cm³/mol. The molecular formula is C22H17IN2O4. The van der Waals surface area contributed by atoms with E-state index in [1.807, 2.05) is 30.3 Å². The number of hydrogen-bond donors (Lipinski definition) is 2. The van der Waals surface area contributed by atoms with Crippen LogP contribution in [0.25, 0.3) is 0 Å². The number of halogens is 1. The topological polar surface area (TPSA) is 88.0 Å². The fourth-order valence-electron chi connectivity index (χ4n) is 2.48. The van der Waals surface area contributed by atoms with Crippen molar-refractivity contribution in [2.45, 2.75) is 6.61 Å². The van der Waals surface area contributed by atoms with E-state index in [-0.39, 0.29) is 18.1 Å². The number of carboxylic acids is 1. The van der Waals surface area contributed by atoms with Crippen molar-refractivity contribution in [2.24, 2.45) is 5.10 Å². The van der Waals surface area contributed by atoms with E-state index in [4.69, 9.17) is 9.84 Å². The lowest BCUT2D eigenvalue weighted by molar-refractivity contribution is 0.0696. The molecule has 3 aromatic rings. The van der Waals surface area contributed by atoms with Crippen LogP contribution in [0.15, 0.2) is 77.9 Å². The van der Waals surface area contributed by atoms with E-state index >= 15 is 0 Å². The molecule has 0 unspecified atom stereocenters. The molecule has 0 atom stereocenters. The van der Waals surface area contributed by atoms with Crippen LogP contribution in [0.5, 0.6) is 5.75 Å². The maximum absolute atomic E-state index is 12.2. The van der Waals surface area contributed by atoms with E-state index in [1.165, 1.54) is 18.3 Å². The fraction of sp³-hybridized carbons (Fsp3) is 0.0455. The second kappa shape index (κ2) is 9.83. The quantitative estimate of drug-likeness (QED) is 0.287. The summed E-state index contributed by atoms with van der Waals surface area (Å²) < 4.78 is 6.80. The van der Waals surface area contributed by atoms with Gasteiger partial charge in [0.05, 0.1) is 11.8 Å². The van der Waals surface area contributed by atoms with E-state index in [0.717, 1.165) is 9.13 Å². The zero-order chi connectivity index (χ0) is 20.6. The first-order chi connectivity index (χ1) is 14.0. The molecule has 0 aliphatic carbocycles. The van der Waals surface area contributed by atoms with Crippen molar-refractivity contribution < 1.29 is 19.4 Å². The van der Waals surface area contributed by atoms with Crippen molar-refractivity contribution in [1.29, 1.82) is 0 Å². The van der Waals surface area contributed by atoms with Crippen molar-refractivity contribution >= 4 is 40.7 Å². The Bertz CT molecular complexity index is 1050. The highest BCUT2D eigenvalue weighted by atomic mass is 127. The lowest BCUT2D eigenvalue weighted by Gasteiger charge is -2.09. The summed E-state index contributed by atoms with van der Waals surface area (Å²) in [6.45, 7) is 0.277. The summed E-state index contributed by atoms with van der Waals surface area (Å²) in [6.07, 6.45) is 1.52. The number of para-hydroxylation sites is 1. The van der Waals surface area contributed by atoms with Gasteiger partial charge in [-0.3, -0.25) is 4.79 Å². The maximum Gasteiger partial charge on any atom is 0.335 e. The molecule has 1 amide bonds. The number of nitrogens with zero attached hydrogens (tertiary/aromatic N) is 1. The minimum Gasteiger partial charge on any atom is -0.488 e. The normalized spacial score (nSPS) is 10.7. The average Bonchev–Trinajstić information content (AvgIpc) is 2.73. The van der Waals surface area contributed by atoms with E-state index in [1.54, 1.807) is 30.3 Å². The molecule has 0 bridgehead atoms. The number of rotatable bonds is 7. The first-order valence-electron chi connectivity index (χ1n) is 8.66. The highest BCUT2D eigenvalue weighted by molar-refractivity contribution is 14.1. The zero-order valence-corrected chi connectivity index (χ0v) is 17.4. The van der Waals surface area contributed by atoms with Crippen LogP contribution in [0.3, 0.4) is 0 Å². The predicted octanol–water partition coefficient (Wildman–Crippen LogP) is 4.33. The van der Waals surface area contributed by atoms with Gasteiger partial charge in [-0.2, -0.15) is 5.10 Å². The lowest BCUT2D eigenvalue weighted by atomic mass is 10.1. The van der Waals surface area contributed by atoms with Crippen molar-refractivity contribution in [3.8, 4) is 5.75 Å². The van der Waals surface area contributed by atoms with Gasteiger partial charge >= 0.3 is 5.97 Å². The Hall–Kier alpha value is -3.20. The summed E-state index contributed by atoms with van der Waals surface area (Å²) in [4.78, 5) is 23.1. The molecule has 0 aromatic heterocycles. The Kier molecular flexibility index (Phi) is 6.96. The number of carbonyl (C=O) groups is 2. The lowest BCUT2D eigenvalue weighted by Crippen LogP contribution is -2.17. The smallest absolute Gasteiger partial charge is 0.335 e. The number of benzene rings is 3. The van der Waals surface area contributed by atoms with E-state index in [9.17, 15) is 9.59 Å². The van der Waals surface area contributed by atoms with Crippen LogP contribution in [0, 0.1) is 3.57 Å². The van der Waals surface area contributed by atoms with Crippen molar-refractivity contribution in [1.82, 2.24) is 5.43 Å². The first-order valence-corrected chi connectivity index (χ1v) is 9.74. The maximum atomic E-state index is 12.2. The van der Waals surface area contributed by atoms with Crippen LogP contribution >= 0.6 is 22.6 Å². The third-order valence-corrected chi connectivity index (χ3v) is 4.64.